The van der Waals surface area contributed by atoms with E-state index >= 15 is 0 Å². The average Bonchev–Trinajstić information content (AvgIpc) is 2.46. The third kappa shape index (κ3) is 3.32. The second kappa shape index (κ2) is 6.56. The molecule has 5 nitrogen and oxygen atoms in total. The van der Waals surface area contributed by atoms with Gasteiger partial charge in [-0.1, -0.05) is 29.8 Å². The first-order valence-electron chi connectivity index (χ1n) is 6.28. The van der Waals surface area contributed by atoms with Gasteiger partial charge in [-0.25, -0.2) is 0 Å². The van der Waals surface area contributed by atoms with Gasteiger partial charge in [0.15, 0.2) is 0 Å². The average molecular weight is 308 g/mol. The van der Waals surface area contributed by atoms with Crippen LogP contribution in [0, 0.1) is 17.0 Å². The van der Waals surface area contributed by atoms with E-state index in [2.05, 4.69) is 0 Å². The number of hydrogen-bond donors (Lipinski definition) is 1. The monoisotopic (exact) mass is 307 g/mol. The SMILES string of the molecule is Cc1c(COc2cccc(Cl)c2CO)cccc1[N+](=O)[O-]. The summed E-state index contributed by atoms with van der Waals surface area (Å²) in [6.45, 7) is 1.62. The normalized spacial score (nSPS) is 10.4. The quantitative estimate of drug-likeness (QED) is 0.676. The summed E-state index contributed by atoms with van der Waals surface area (Å²) < 4.78 is 5.64. The molecule has 0 aliphatic heterocycles. The number of benzene rings is 2. The van der Waals surface area contributed by atoms with Crippen molar-refractivity contribution in [1.29, 1.82) is 0 Å². The Bertz CT molecular complexity index is 673. The molecule has 0 aliphatic rings. The molecule has 0 saturated heterocycles. The van der Waals surface area contributed by atoms with Crippen LogP contribution in [0.25, 0.3) is 0 Å². The summed E-state index contributed by atoms with van der Waals surface area (Å²) >= 11 is 5.98. The summed E-state index contributed by atoms with van der Waals surface area (Å²) in [5, 5.41) is 20.6. The van der Waals surface area contributed by atoms with Gasteiger partial charge in [0, 0.05) is 22.2 Å². The van der Waals surface area contributed by atoms with Crippen LogP contribution in [0.15, 0.2) is 36.4 Å². The number of nitrogens with zero attached hydrogens (tertiary/aromatic N) is 1. The Balaban J connectivity index is 2.23. The zero-order valence-electron chi connectivity index (χ0n) is 11.4. The molecule has 1 N–H and O–H groups in total. The summed E-state index contributed by atoms with van der Waals surface area (Å²) in [5.74, 6) is 0.468. The Labute approximate surface area is 126 Å². The fourth-order valence-electron chi connectivity index (χ4n) is 2.01. The molecule has 0 saturated carbocycles. The van der Waals surface area contributed by atoms with Crippen molar-refractivity contribution in [3.63, 3.8) is 0 Å². The molecule has 0 unspecified atom stereocenters. The fraction of sp³-hybridized carbons (Fsp3) is 0.200. The number of rotatable bonds is 5. The molecule has 0 aliphatic carbocycles. The Morgan fingerprint density at radius 2 is 2.00 bits per heavy atom. The van der Waals surface area contributed by atoms with Gasteiger partial charge in [0.05, 0.1) is 11.5 Å². The van der Waals surface area contributed by atoms with Crippen LogP contribution < -0.4 is 4.74 Å². The lowest BCUT2D eigenvalue weighted by atomic mass is 10.1. The number of nitro groups is 1. The number of nitro benzene ring substituents is 1. The molecule has 0 radical (unpaired) electrons. The van der Waals surface area contributed by atoms with Crippen molar-refractivity contribution in [2.75, 3.05) is 0 Å². The van der Waals surface area contributed by atoms with E-state index < -0.39 is 4.92 Å². The number of hydrogen-bond acceptors (Lipinski definition) is 4. The van der Waals surface area contributed by atoms with Crippen molar-refractivity contribution in [2.45, 2.75) is 20.1 Å². The van der Waals surface area contributed by atoms with Crippen molar-refractivity contribution in [1.82, 2.24) is 0 Å². The molecule has 2 aromatic carbocycles. The van der Waals surface area contributed by atoms with Crippen molar-refractivity contribution >= 4 is 17.3 Å². The van der Waals surface area contributed by atoms with E-state index in [9.17, 15) is 15.2 Å². The van der Waals surface area contributed by atoms with E-state index in [0.29, 0.717) is 27.5 Å². The third-order valence-electron chi connectivity index (χ3n) is 3.23. The summed E-state index contributed by atoms with van der Waals surface area (Å²) in [7, 11) is 0. The second-order valence-corrected chi connectivity index (χ2v) is 4.89. The van der Waals surface area contributed by atoms with Gasteiger partial charge in [-0.05, 0) is 24.6 Å². The van der Waals surface area contributed by atoms with Crippen molar-refractivity contribution < 1.29 is 14.8 Å². The van der Waals surface area contributed by atoms with E-state index in [0.717, 1.165) is 0 Å². The molecule has 0 heterocycles. The molecule has 0 bridgehead atoms. The Kier molecular flexibility index (Phi) is 4.77. The molecule has 0 fully saturated rings. The molecule has 21 heavy (non-hydrogen) atoms. The molecule has 2 rings (SSSR count). The molecule has 2 aromatic rings. The minimum absolute atomic E-state index is 0.0598. The van der Waals surface area contributed by atoms with Crippen LogP contribution in [0.2, 0.25) is 5.02 Å². The smallest absolute Gasteiger partial charge is 0.272 e. The lowest BCUT2D eigenvalue weighted by Gasteiger charge is -2.12. The van der Waals surface area contributed by atoms with E-state index in [1.807, 2.05) is 0 Å². The molecule has 0 atom stereocenters. The summed E-state index contributed by atoms with van der Waals surface area (Å²) in [5.41, 5.74) is 1.84. The van der Waals surface area contributed by atoms with Gasteiger partial charge in [-0.15, -0.1) is 0 Å². The van der Waals surface area contributed by atoms with Crippen LogP contribution in [-0.4, -0.2) is 10.0 Å². The number of ether oxygens (including phenoxy) is 1. The van der Waals surface area contributed by atoms with E-state index in [1.54, 1.807) is 37.3 Å². The molecule has 0 aromatic heterocycles. The van der Waals surface area contributed by atoms with Crippen LogP contribution in [0.1, 0.15) is 16.7 Å². The molecule has 0 spiro atoms. The first kappa shape index (κ1) is 15.3. The highest BCUT2D eigenvalue weighted by atomic mass is 35.5. The van der Waals surface area contributed by atoms with Crippen molar-refractivity contribution in [3.8, 4) is 5.75 Å². The van der Waals surface area contributed by atoms with Gasteiger partial charge < -0.3 is 9.84 Å². The Hall–Kier alpha value is -2.11. The topological polar surface area (TPSA) is 72.6 Å². The van der Waals surface area contributed by atoms with Crippen LogP contribution in [0.4, 0.5) is 5.69 Å². The van der Waals surface area contributed by atoms with E-state index in [1.165, 1.54) is 6.07 Å². The van der Waals surface area contributed by atoms with E-state index in [-0.39, 0.29) is 18.9 Å². The number of aliphatic hydroxyl groups excluding tert-OH is 1. The maximum atomic E-state index is 10.9. The highest BCUT2D eigenvalue weighted by molar-refractivity contribution is 6.31. The fourth-order valence-corrected chi connectivity index (χ4v) is 2.23. The van der Waals surface area contributed by atoms with Gasteiger partial charge in [-0.3, -0.25) is 10.1 Å². The zero-order valence-corrected chi connectivity index (χ0v) is 12.1. The molecule has 110 valence electrons. The predicted molar refractivity (Wildman–Crippen MR) is 79.5 cm³/mol. The van der Waals surface area contributed by atoms with Crippen LogP contribution in [0.3, 0.4) is 0 Å². The highest BCUT2D eigenvalue weighted by Crippen LogP contribution is 2.28. The minimum atomic E-state index is -0.419. The number of aliphatic hydroxyl groups is 1. The van der Waals surface area contributed by atoms with Gasteiger partial charge in [-0.2, -0.15) is 0 Å². The zero-order chi connectivity index (χ0) is 15.4. The second-order valence-electron chi connectivity index (χ2n) is 4.48. The maximum absolute atomic E-state index is 10.9. The van der Waals surface area contributed by atoms with Crippen molar-refractivity contribution in [3.05, 3.63) is 68.2 Å². The van der Waals surface area contributed by atoms with Crippen molar-refractivity contribution in [2.24, 2.45) is 0 Å². The molecular weight excluding hydrogens is 294 g/mol. The predicted octanol–water partition coefficient (Wildman–Crippen LogP) is 3.63. The largest absolute Gasteiger partial charge is 0.488 e. The molecule has 6 heteroatoms. The summed E-state index contributed by atoms with van der Waals surface area (Å²) in [6, 6.07) is 9.93. The first-order valence-corrected chi connectivity index (χ1v) is 6.66. The first-order chi connectivity index (χ1) is 10.0. The van der Waals surface area contributed by atoms with Crippen LogP contribution in [-0.2, 0) is 13.2 Å². The molecule has 0 amide bonds. The van der Waals surface area contributed by atoms with Gasteiger partial charge in [0.1, 0.15) is 12.4 Å². The van der Waals surface area contributed by atoms with E-state index in [4.69, 9.17) is 16.3 Å². The maximum Gasteiger partial charge on any atom is 0.272 e. The van der Waals surface area contributed by atoms with Crippen LogP contribution >= 0.6 is 11.6 Å². The molecular formula is C15H14ClNO4. The summed E-state index contributed by atoms with van der Waals surface area (Å²) in [6.07, 6.45) is 0. The minimum Gasteiger partial charge on any atom is -0.488 e. The van der Waals surface area contributed by atoms with Gasteiger partial charge >= 0.3 is 0 Å². The lowest BCUT2D eigenvalue weighted by Crippen LogP contribution is -2.02. The van der Waals surface area contributed by atoms with Gasteiger partial charge in [0.25, 0.3) is 5.69 Å². The highest BCUT2D eigenvalue weighted by Gasteiger charge is 2.14. The number of halogens is 1. The lowest BCUT2D eigenvalue weighted by molar-refractivity contribution is -0.385. The Morgan fingerprint density at radius 3 is 2.67 bits per heavy atom. The summed E-state index contributed by atoms with van der Waals surface area (Å²) in [4.78, 5) is 10.5. The van der Waals surface area contributed by atoms with Gasteiger partial charge in [0.2, 0.25) is 0 Å². The standard InChI is InChI=1S/C15H14ClNO4/c1-10-11(4-2-6-14(10)17(19)20)9-21-15-7-3-5-13(16)12(15)8-18/h2-7,18H,8-9H2,1H3. The Morgan fingerprint density at radius 1 is 1.29 bits per heavy atom. The van der Waals surface area contributed by atoms with Crippen LogP contribution in [0.5, 0.6) is 5.75 Å². The third-order valence-corrected chi connectivity index (χ3v) is 3.59.